The first-order chi connectivity index (χ1) is 12.1. The maximum atomic E-state index is 12.1. The number of methoxy groups -OCH3 is 1. The predicted octanol–water partition coefficient (Wildman–Crippen LogP) is 4.94. The lowest BCUT2D eigenvalue weighted by Gasteiger charge is -2.09. The first kappa shape index (κ1) is 17.6. The van der Waals surface area contributed by atoms with E-state index in [-0.39, 0.29) is 11.7 Å². The Labute approximate surface area is 155 Å². The number of benzene rings is 2. The van der Waals surface area contributed by atoms with Gasteiger partial charge in [-0.05, 0) is 42.8 Å². The predicted molar refractivity (Wildman–Crippen MR) is 104 cm³/mol. The van der Waals surface area contributed by atoms with Crippen molar-refractivity contribution in [2.24, 2.45) is 0 Å². The normalized spacial score (nSPS) is 10.7. The molecule has 3 rings (SSSR count). The number of pyridine rings is 1. The van der Waals surface area contributed by atoms with Gasteiger partial charge in [0.25, 0.3) is 0 Å². The second-order valence-electron chi connectivity index (χ2n) is 5.48. The number of rotatable bonds is 5. The number of thioether (sulfide) groups is 1. The Bertz CT molecular complexity index is 930. The number of ether oxygens (including phenoxy) is 1. The Balaban J connectivity index is 1.72. The molecule has 0 aliphatic rings. The number of aryl methyl sites for hydroxylation is 1. The van der Waals surface area contributed by atoms with E-state index in [9.17, 15) is 4.79 Å². The third-order valence-electron chi connectivity index (χ3n) is 3.70. The molecular formula is C19H17ClN2O2S. The summed E-state index contributed by atoms with van der Waals surface area (Å²) in [6, 6.07) is 15.0. The van der Waals surface area contributed by atoms with Gasteiger partial charge >= 0.3 is 0 Å². The Hall–Kier alpha value is -2.24. The Kier molecular flexibility index (Phi) is 5.46. The minimum atomic E-state index is -0.122. The van der Waals surface area contributed by atoms with Crippen LogP contribution in [0.4, 0.5) is 5.69 Å². The van der Waals surface area contributed by atoms with Crippen molar-refractivity contribution in [3.05, 3.63) is 59.1 Å². The number of nitrogens with zero attached hydrogens (tertiary/aromatic N) is 1. The molecule has 0 fully saturated rings. The Morgan fingerprint density at radius 1 is 1.24 bits per heavy atom. The summed E-state index contributed by atoms with van der Waals surface area (Å²) in [5.74, 6) is 0.897. The molecule has 0 unspecified atom stereocenters. The number of halogens is 1. The molecule has 25 heavy (non-hydrogen) atoms. The highest BCUT2D eigenvalue weighted by Gasteiger charge is 2.09. The van der Waals surface area contributed by atoms with Crippen LogP contribution in [0.2, 0.25) is 5.02 Å². The summed E-state index contributed by atoms with van der Waals surface area (Å²) in [5, 5.41) is 5.21. The van der Waals surface area contributed by atoms with E-state index in [0.717, 1.165) is 27.2 Å². The number of hydrogen-bond acceptors (Lipinski definition) is 4. The molecule has 3 aromatic rings. The number of anilines is 1. The van der Waals surface area contributed by atoms with Gasteiger partial charge in [0.1, 0.15) is 5.75 Å². The number of aromatic nitrogens is 1. The third-order valence-corrected chi connectivity index (χ3v) is 4.94. The molecule has 0 radical (unpaired) electrons. The van der Waals surface area contributed by atoms with Gasteiger partial charge in [-0.25, -0.2) is 4.98 Å². The van der Waals surface area contributed by atoms with Crippen LogP contribution in [0.15, 0.2) is 53.6 Å². The van der Waals surface area contributed by atoms with Gasteiger partial charge in [-0.1, -0.05) is 35.5 Å². The van der Waals surface area contributed by atoms with Gasteiger partial charge < -0.3 is 10.1 Å². The lowest BCUT2D eigenvalue weighted by Crippen LogP contribution is -2.14. The standard InChI is InChI=1S/C19H17ClN2O2S/c1-12-9-19(22-17-10-13(24-2)7-8-14(12)17)25-11-18(23)21-16-6-4-3-5-15(16)20/h3-10H,11H2,1-2H3,(H,21,23). The molecule has 1 aromatic heterocycles. The SMILES string of the molecule is COc1ccc2c(C)cc(SCC(=O)Nc3ccccc3Cl)nc2c1. The van der Waals surface area contributed by atoms with Crippen LogP contribution < -0.4 is 10.1 Å². The quantitative estimate of drug-likeness (QED) is 0.645. The molecule has 0 atom stereocenters. The monoisotopic (exact) mass is 372 g/mol. The average molecular weight is 373 g/mol. The van der Waals surface area contributed by atoms with E-state index in [0.29, 0.717) is 10.7 Å². The number of amides is 1. The molecule has 0 bridgehead atoms. The van der Waals surface area contributed by atoms with E-state index in [1.807, 2.05) is 43.3 Å². The van der Waals surface area contributed by atoms with Crippen LogP contribution in [0.1, 0.15) is 5.56 Å². The second-order valence-corrected chi connectivity index (χ2v) is 6.88. The maximum Gasteiger partial charge on any atom is 0.234 e. The zero-order valence-corrected chi connectivity index (χ0v) is 15.4. The number of fused-ring (bicyclic) bond motifs is 1. The minimum Gasteiger partial charge on any atom is -0.497 e. The van der Waals surface area contributed by atoms with E-state index >= 15 is 0 Å². The van der Waals surface area contributed by atoms with E-state index in [4.69, 9.17) is 16.3 Å². The van der Waals surface area contributed by atoms with Crippen molar-refractivity contribution < 1.29 is 9.53 Å². The molecule has 0 saturated heterocycles. The van der Waals surface area contributed by atoms with Crippen molar-refractivity contribution in [2.45, 2.75) is 11.9 Å². The highest BCUT2D eigenvalue weighted by atomic mass is 35.5. The van der Waals surface area contributed by atoms with Gasteiger partial charge in [-0.2, -0.15) is 0 Å². The summed E-state index contributed by atoms with van der Waals surface area (Å²) in [5.41, 5.74) is 2.58. The Morgan fingerprint density at radius 3 is 2.80 bits per heavy atom. The lowest BCUT2D eigenvalue weighted by atomic mass is 10.1. The highest BCUT2D eigenvalue weighted by Crippen LogP contribution is 2.27. The van der Waals surface area contributed by atoms with E-state index < -0.39 is 0 Å². The lowest BCUT2D eigenvalue weighted by molar-refractivity contribution is -0.113. The fraction of sp³-hybridized carbons (Fsp3) is 0.158. The fourth-order valence-electron chi connectivity index (χ4n) is 2.44. The fourth-order valence-corrected chi connectivity index (χ4v) is 3.40. The summed E-state index contributed by atoms with van der Waals surface area (Å²) in [4.78, 5) is 16.8. The molecule has 1 N–H and O–H groups in total. The maximum absolute atomic E-state index is 12.1. The van der Waals surface area contributed by atoms with Crippen molar-refractivity contribution in [2.75, 3.05) is 18.2 Å². The summed E-state index contributed by atoms with van der Waals surface area (Å²) < 4.78 is 5.25. The van der Waals surface area contributed by atoms with E-state index in [1.165, 1.54) is 11.8 Å². The third kappa shape index (κ3) is 4.24. The van der Waals surface area contributed by atoms with Crippen LogP contribution in [0.25, 0.3) is 10.9 Å². The first-order valence-corrected chi connectivity index (χ1v) is 9.06. The number of carbonyl (C=O) groups is 1. The molecule has 0 spiro atoms. The van der Waals surface area contributed by atoms with Crippen molar-refractivity contribution in [1.29, 1.82) is 0 Å². The van der Waals surface area contributed by atoms with E-state index in [1.54, 1.807) is 19.2 Å². The van der Waals surface area contributed by atoms with Gasteiger partial charge in [-0.3, -0.25) is 4.79 Å². The molecular weight excluding hydrogens is 356 g/mol. The Morgan fingerprint density at radius 2 is 2.04 bits per heavy atom. The average Bonchev–Trinajstić information content (AvgIpc) is 2.61. The van der Waals surface area contributed by atoms with Crippen LogP contribution in [0, 0.1) is 6.92 Å². The number of carbonyl (C=O) groups excluding carboxylic acids is 1. The molecule has 2 aromatic carbocycles. The first-order valence-electron chi connectivity index (χ1n) is 7.69. The van der Waals surface area contributed by atoms with Gasteiger partial charge in [0.05, 0.1) is 34.1 Å². The zero-order chi connectivity index (χ0) is 17.8. The van der Waals surface area contributed by atoms with Crippen molar-refractivity contribution in [1.82, 2.24) is 4.98 Å². The van der Waals surface area contributed by atoms with Crippen LogP contribution >= 0.6 is 23.4 Å². The molecule has 1 amide bonds. The van der Waals surface area contributed by atoms with Crippen LogP contribution in [0.3, 0.4) is 0 Å². The minimum absolute atomic E-state index is 0.122. The summed E-state index contributed by atoms with van der Waals surface area (Å²) in [6.07, 6.45) is 0. The summed E-state index contributed by atoms with van der Waals surface area (Å²) in [7, 11) is 1.63. The van der Waals surface area contributed by atoms with Gasteiger partial charge in [0.2, 0.25) is 5.91 Å². The second kappa shape index (κ2) is 7.76. The van der Waals surface area contributed by atoms with Gasteiger partial charge in [-0.15, -0.1) is 0 Å². The van der Waals surface area contributed by atoms with Crippen molar-refractivity contribution in [3.8, 4) is 5.75 Å². The topological polar surface area (TPSA) is 51.2 Å². The molecule has 0 aliphatic heterocycles. The molecule has 6 heteroatoms. The molecule has 4 nitrogen and oxygen atoms in total. The number of nitrogens with one attached hydrogen (secondary N) is 1. The molecule has 0 saturated carbocycles. The van der Waals surface area contributed by atoms with Gasteiger partial charge in [0, 0.05) is 11.5 Å². The molecule has 1 heterocycles. The van der Waals surface area contributed by atoms with Crippen molar-refractivity contribution >= 4 is 45.9 Å². The van der Waals surface area contributed by atoms with Crippen LogP contribution in [-0.4, -0.2) is 23.8 Å². The molecule has 0 aliphatic carbocycles. The molecule has 128 valence electrons. The van der Waals surface area contributed by atoms with E-state index in [2.05, 4.69) is 10.3 Å². The summed E-state index contributed by atoms with van der Waals surface area (Å²) in [6.45, 7) is 2.03. The largest absolute Gasteiger partial charge is 0.497 e. The van der Waals surface area contributed by atoms with Crippen LogP contribution in [0.5, 0.6) is 5.75 Å². The summed E-state index contributed by atoms with van der Waals surface area (Å²) >= 11 is 7.44. The highest BCUT2D eigenvalue weighted by molar-refractivity contribution is 7.99. The number of para-hydroxylation sites is 1. The van der Waals surface area contributed by atoms with Crippen LogP contribution in [-0.2, 0) is 4.79 Å². The number of hydrogen-bond donors (Lipinski definition) is 1. The van der Waals surface area contributed by atoms with Gasteiger partial charge in [0.15, 0.2) is 0 Å². The van der Waals surface area contributed by atoms with Crippen molar-refractivity contribution in [3.63, 3.8) is 0 Å². The smallest absolute Gasteiger partial charge is 0.234 e. The zero-order valence-electron chi connectivity index (χ0n) is 13.9.